The Morgan fingerprint density at radius 3 is 2.58 bits per heavy atom. The van der Waals surface area contributed by atoms with Crippen molar-refractivity contribution >= 4 is 5.65 Å². The van der Waals surface area contributed by atoms with Crippen LogP contribution in [0, 0.1) is 5.92 Å². The van der Waals surface area contributed by atoms with Crippen LogP contribution in [-0.2, 0) is 6.42 Å². The molecule has 1 aliphatic heterocycles. The van der Waals surface area contributed by atoms with Gasteiger partial charge >= 0.3 is 6.18 Å². The number of pyridine rings is 2. The number of ether oxygens (including phenoxy) is 1. The molecule has 1 aliphatic carbocycles. The second kappa shape index (κ2) is 10.0. The van der Waals surface area contributed by atoms with Gasteiger partial charge in [-0.2, -0.15) is 23.4 Å². The monoisotopic (exact) mass is 525 g/mol. The lowest BCUT2D eigenvalue weighted by molar-refractivity contribution is -0.127. The zero-order valence-corrected chi connectivity index (χ0v) is 21.2. The van der Waals surface area contributed by atoms with Crippen LogP contribution in [0.3, 0.4) is 0 Å². The van der Waals surface area contributed by atoms with Crippen molar-refractivity contribution in [2.24, 2.45) is 5.92 Å². The average molecular weight is 526 g/mol. The number of methoxy groups -OCH3 is 1. The van der Waals surface area contributed by atoms with E-state index in [1.54, 1.807) is 18.3 Å². The SMILES string of the molecule is COc1cc(-c2n[nH]c(-c3ccc(C4CCN(CC5CCC5)CC4)cn3)c2CC(F)(F)F)cn2ncnc12. The molecule has 8 nitrogen and oxygen atoms in total. The molecule has 4 aromatic rings. The van der Waals surface area contributed by atoms with Crippen molar-refractivity contribution in [2.45, 2.75) is 50.6 Å². The van der Waals surface area contributed by atoms with Crippen molar-refractivity contribution in [2.75, 3.05) is 26.7 Å². The summed E-state index contributed by atoms with van der Waals surface area (Å²) in [6, 6.07) is 5.42. The molecule has 1 saturated carbocycles. The van der Waals surface area contributed by atoms with Gasteiger partial charge < -0.3 is 9.64 Å². The second-order valence-corrected chi connectivity index (χ2v) is 10.4. The van der Waals surface area contributed by atoms with Gasteiger partial charge in [-0.05, 0) is 68.3 Å². The van der Waals surface area contributed by atoms with Crippen molar-refractivity contribution in [3.63, 3.8) is 0 Å². The molecule has 6 rings (SSSR count). The Morgan fingerprint density at radius 2 is 1.92 bits per heavy atom. The molecule has 1 saturated heterocycles. The summed E-state index contributed by atoms with van der Waals surface area (Å²) in [5.74, 6) is 1.68. The Balaban J connectivity index is 1.26. The smallest absolute Gasteiger partial charge is 0.393 e. The van der Waals surface area contributed by atoms with Crippen LogP contribution >= 0.6 is 0 Å². The maximum atomic E-state index is 13.7. The molecule has 2 fully saturated rings. The standard InChI is InChI=1S/C27H30F3N7O/c1-38-23-11-20(15-37-26(23)32-16-33-37)24-21(12-27(28,29)30)25(35-34-24)22-6-5-19(13-31-22)18-7-9-36(10-8-18)14-17-3-2-4-17/h5-6,11,13,15-18H,2-4,7-10,12,14H2,1H3,(H,34,35). The molecule has 38 heavy (non-hydrogen) atoms. The number of nitrogens with zero attached hydrogens (tertiary/aromatic N) is 6. The van der Waals surface area contributed by atoms with E-state index in [-0.39, 0.29) is 17.0 Å². The van der Waals surface area contributed by atoms with E-state index in [1.807, 2.05) is 12.3 Å². The third kappa shape index (κ3) is 4.99. The van der Waals surface area contributed by atoms with Crippen molar-refractivity contribution in [1.82, 2.24) is 34.7 Å². The molecule has 200 valence electrons. The number of aromatic nitrogens is 6. The summed E-state index contributed by atoms with van der Waals surface area (Å²) in [6.07, 6.45) is 5.44. The van der Waals surface area contributed by atoms with E-state index in [0.29, 0.717) is 28.6 Å². The first kappa shape index (κ1) is 24.8. The van der Waals surface area contributed by atoms with E-state index >= 15 is 0 Å². The third-order valence-corrected chi connectivity index (χ3v) is 7.92. The molecule has 5 heterocycles. The van der Waals surface area contributed by atoms with Crippen LogP contribution < -0.4 is 4.74 Å². The number of halogens is 3. The van der Waals surface area contributed by atoms with Gasteiger partial charge in [-0.1, -0.05) is 12.5 Å². The zero-order chi connectivity index (χ0) is 26.3. The number of alkyl halides is 3. The Hall–Kier alpha value is -3.47. The van der Waals surface area contributed by atoms with E-state index in [4.69, 9.17) is 4.74 Å². The number of likely N-dealkylation sites (tertiary alicyclic amines) is 1. The number of H-pyrrole nitrogens is 1. The Labute approximate surface area is 218 Å². The lowest BCUT2D eigenvalue weighted by Crippen LogP contribution is -2.38. The van der Waals surface area contributed by atoms with E-state index in [0.717, 1.165) is 37.4 Å². The summed E-state index contributed by atoms with van der Waals surface area (Å²) in [7, 11) is 1.48. The lowest BCUT2D eigenvalue weighted by atomic mass is 9.84. The van der Waals surface area contributed by atoms with Crippen molar-refractivity contribution < 1.29 is 17.9 Å². The number of hydrogen-bond acceptors (Lipinski definition) is 6. The lowest BCUT2D eigenvalue weighted by Gasteiger charge is -2.37. The fraction of sp³-hybridized carbons (Fsp3) is 0.481. The van der Waals surface area contributed by atoms with Crippen molar-refractivity contribution in [3.05, 3.63) is 48.0 Å². The zero-order valence-electron chi connectivity index (χ0n) is 21.2. The van der Waals surface area contributed by atoms with Crippen LogP contribution in [-0.4, -0.2) is 67.6 Å². The largest absolute Gasteiger partial charge is 0.493 e. The second-order valence-electron chi connectivity index (χ2n) is 10.4. The third-order valence-electron chi connectivity index (χ3n) is 7.92. The van der Waals surface area contributed by atoms with Gasteiger partial charge in [-0.25, -0.2) is 9.50 Å². The molecular formula is C27H30F3N7O. The first-order valence-corrected chi connectivity index (χ1v) is 13.1. The molecule has 1 N–H and O–H groups in total. The minimum Gasteiger partial charge on any atom is -0.493 e. The Morgan fingerprint density at radius 1 is 1.11 bits per heavy atom. The Kier molecular flexibility index (Phi) is 6.55. The summed E-state index contributed by atoms with van der Waals surface area (Å²) in [5.41, 5.74) is 2.94. The quantitative estimate of drug-likeness (QED) is 0.354. The van der Waals surface area contributed by atoms with Gasteiger partial charge in [0.15, 0.2) is 11.4 Å². The van der Waals surface area contributed by atoms with Crippen LogP contribution in [0.15, 0.2) is 36.9 Å². The molecule has 11 heteroatoms. The van der Waals surface area contributed by atoms with Crippen LogP contribution in [0.25, 0.3) is 28.3 Å². The minimum absolute atomic E-state index is 0.0311. The van der Waals surface area contributed by atoms with E-state index in [2.05, 4.69) is 30.2 Å². The van der Waals surface area contributed by atoms with Gasteiger partial charge in [0.2, 0.25) is 0 Å². The summed E-state index contributed by atoms with van der Waals surface area (Å²) >= 11 is 0. The molecule has 0 radical (unpaired) electrons. The van der Waals surface area contributed by atoms with Crippen molar-refractivity contribution in [1.29, 1.82) is 0 Å². The molecule has 0 atom stereocenters. The number of hydrogen-bond donors (Lipinski definition) is 1. The molecule has 0 aromatic carbocycles. The molecule has 4 aromatic heterocycles. The molecule has 0 amide bonds. The number of piperidine rings is 1. The molecule has 0 bridgehead atoms. The summed E-state index contributed by atoms with van der Waals surface area (Å²) < 4.78 is 47.9. The predicted octanol–water partition coefficient (Wildman–Crippen LogP) is 5.27. The van der Waals surface area contributed by atoms with Gasteiger partial charge in [0.05, 0.1) is 30.6 Å². The highest BCUT2D eigenvalue weighted by Gasteiger charge is 2.33. The number of aromatic amines is 1. The predicted molar refractivity (Wildman–Crippen MR) is 136 cm³/mol. The van der Waals surface area contributed by atoms with Crippen LogP contribution in [0.5, 0.6) is 5.75 Å². The Bertz CT molecular complexity index is 1400. The van der Waals surface area contributed by atoms with Crippen LogP contribution in [0.4, 0.5) is 13.2 Å². The summed E-state index contributed by atoms with van der Waals surface area (Å²) in [6.45, 7) is 3.38. The number of fused-ring (bicyclic) bond motifs is 1. The van der Waals surface area contributed by atoms with Gasteiger partial charge in [0.25, 0.3) is 0 Å². The van der Waals surface area contributed by atoms with E-state index < -0.39 is 12.6 Å². The van der Waals surface area contributed by atoms with E-state index in [9.17, 15) is 13.2 Å². The normalized spacial score (nSPS) is 17.7. The maximum Gasteiger partial charge on any atom is 0.393 e. The van der Waals surface area contributed by atoms with Crippen LogP contribution in [0.1, 0.15) is 49.1 Å². The highest BCUT2D eigenvalue weighted by Crippen LogP contribution is 2.37. The van der Waals surface area contributed by atoms with Crippen molar-refractivity contribution in [3.8, 4) is 28.4 Å². The first-order chi connectivity index (χ1) is 18.4. The molecule has 2 aliphatic rings. The topological polar surface area (TPSA) is 84.2 Å². The van der Waals surface area contributed by atoms with Gasteiger partial charge in [0.1, 0.15) is 6.33 Å². The molecule has 0 spiro atoms. The minimum atomic E-state index is -4.43. The fourth-order valence-electron chi connectivity index (χ4n) is 5.65. The average Bonchev–Trinajstić information content (AvgIpc) is 3.52. The highest BCUT2D eigenvalue weighted by molar-refractivity contribution is 5.75. The molecular weight excluding hydrogens is 495 g/mol. The molecule has 0 unspecified atom stereocenters. The first-order valence-electron chi connectivity index (χ1n) is 13.1. The maximum absolute atomic E-state index is 13.7. The highest BCUT2D eigenvalue weighted by atomic mass is 19.4. The van der Waals surface area contributed by atoms with Crippen LogP contribution in [0.2, 0.25) is 0 Å². The number of rotatable bonds is 7. The summed E-state index contributed by atoms with van der Waals surface area (Å²) in [4.78, 5) is 11.3. The van der Waals surface area contributed by atoms with Gasteiger partial charge in [-0.3, -0.25) is 10.1 Å². The number of nitrogens with one attached hydrogen (secondary N) is 1. The van der Waals surface area contributed by atoms with E-state index in [1.165, 1.54) is 43.8 Å². The summed E-state index contributed by atoms with van der Waals surface area (Å²) in [5, 5.41) is 11.2. The van der Waals surface area contributed by atoms with Gasteiger partial charge in [-0.15, -0.1) is 0 Å². The fourth-order valence-corrected chi connectivity index (χ4v) is 5.65. The van der Waals surface area contributed by atoms with Gasteiger partial charge in [0, 0.05) is 30.1 Å².